The normalized spacial score (nSPS) is 41.5. The SMILES string of the molecule is COC(=O)CN1CC2=C(C1=O)[C@]1(C)CC[C@@H]3[C@](C)(CCC[C@]3(C)C(=O)O)[C@H]1CC2. The van der Waals surface area contributed by atoms with E-state index in [4.69, 9.17) is 4.74 Å². The van der Waals surface area contributed by atoms with Crippen LogP contribution < -0.4 is 0 Å². The van der Waals surface area contributed by atoms with Crippen molar-refractivity contribution in [1.82, 2.24) is 4.90 Å². The Kier molecular flexibility index (Phi) is 4.63. The first-order valence-electron chi connectivity index (χ1n) is 10.9. The molecule has 2 saturated carbocycles. The van der Waals surface area contributed by atoms with E-state index in [2.05, 4.69) is 13.8 Å². The van der Waals surface area contributed by atoms with Crippen LogP contribution in [-0.4, -0.2) is 48.1 Å². The van der Waals surface area contributed by atoms with E-state index >= 15 is 0 Å². The quantitative estimate of drug-likeness (QED) is 0.730. The van der Waals surface area contributed by atoms with E-state index in [0.717, 1.165) is 50.5 Å². The number of fused-ring (bicyclic) bond motifs is 4. The van der Waals surface area contributed by atoms with Crippen LogP contribution in [0.25, 0.3) is 0 Å². The average molecular weight is 404 g/mol. The van der Waals surface area contributed by atoms with Gasteiger partial charge in [-0.3, -0.25) is 14.4 Å². The van der Waals surface area contributed by atoms with Crippen LogP contribution in [0.2, 0.25) is 0 Å². The van der Waals surface area contributed by atoms with E-state index in [9.17, 15) is 19.5 Å². The Morgan fingerprint density at radius 1 is 1.14 bits per heavy atom. The number of hydrogen-bond donors (Lipinski definition) is 1. The third kappa shape index (κ3) is 2.70. The molecule has 160 valence electrons. The fourth-order valence-electron chi connectivity index (χ4n) is 7.74. The van der Waals surface area contributed by atoms with Gasteiger partial charge in [-0.1, -0.05) is 20.3 Å². The van der Waals surface area contributed by atoms with E-state index in [1.807, 2.05) is 6.92 Å². The molecule has 3 aliphatic carbocycles. The lowest BCUT2D eigenvalue weighted by Gasteiger charge is -2.63. The lowest BCUT2D eigenvalue weighted by atomic mass is 9.40. The zero-order chi connectivity index (χ0) is 21.2. The molecule has 0 aromatic rings. The standard InChI is InChI=1S/C23H33NO5/c1-21-9-5-10-23(3,20(27)28)16(21)8-11-22(2)15(21)7-6-14-12-24(13-17(25)29-4)19(26)18(14)22/h15-16H,5-13H2,1-4H3,(H,27,28)/t15-,16-,21-,22-,23+/m1/s1. The number of carboxylic acids is 1. The molecule has 1 amide bonds. The first-order chi connectivity index (χ1) is 13.6. The highest BCUT2D eigenvalue weighted by molar-refractivity contribution is 6.00. The van der Waals surface area contributed by atoms with Crippen LogP contribution >= 0.6 is 0 Å². The minimum absolute atomic E-state index is 0.0000577. The van der Waals surface area contributed by atoms with Crippen LogP contribution in [0.3, 0.4) is 0 Å². The van der Waals surface area contributed by atoms with E-state index in [1.165, 1.54) is 12.7 Å². The van der Waals surface area contributed by atoms with Crippen LogP contribution in [0, 0.1) is 28.1 Å². The van der Waals surface area contributed by atoms with Gasteiger partial charge in [0.25, 0.3) is 5.91 Å². The summed E-state index contributed by atoms with van der Waals surface area (Å²) in [5, 5.41) is 10.0. The van der Waals surface area contributed by atoms with Gasteiger partial charge < -0.3 is 14.7 Å². The summed E-state index contributed by atoms with van der Waals surface area (Å²) in [6, 6.07) is 0. The highest BCUT2D eigenvalue weighted by Crippen LogP contribution is 2.68. The van der Waals surface area contributed by atoms with Crippen LogP contribution in [0.4, 0.5) is 0 Å². The molecule has 29 heavy (non-hydrogen) atoms. The highest BCUT2D eigenvalue weighted by atomic mass is 16.5. The van der Waals surface area contributed by atoms with Gasteiger partial charge in [-0.25, -0.2) is 0 Å². The van der Waals surface area contributed by atoms with Crippen molar-refractivity contribution in [2.24, 2.45) is 28.1 Å². The summed E-state index contributed by atoms with van der Waals surface area (Å²) in [4.78, 5) is 38.9. The Morgan fingerprint density at radius 3 is 2.52 bits per heavy atom. The number of esters is 1. The Morgan fingerprint density at radius 2 is 1.86 bits per heavy atom. The number of hydrogen-bond acceptors (Lipinski definition) is 4. The Balaban J connectivity index is 1.68. The summed E-state index contributed by atoms with van der Waals surface area (Å²) in [6.45, 7) is 6.97. The summed E-state index contributed by atoms with van der Waals surface area (Å²) in [5.41, 5.74) is 1.10. The van der Waals surface area contributed by atoms with Crippen molar-refractivity contribution in [3.05, 3.63) is 11.1 Å². The van der Waals surface area contributed by atoms with Gasteiger partial charge in [-0.15, -0.1) is 0 Å². The maximum absolute atomic E-state index is 13.3. The van der Waals surface area contributed by atoms with Crippen molar-refractivity contribution in [3.63, 3.8) is 0 Å². The number of ether oxygens (including phenoxy) is 1. The topological polar surface area (TPSA) is 83.9 Å². The smallest absolute Gasteiger partial charge is 0.325 e. The number of nitrogens with zero attached hydrogens (tertiary/aromatic N) is 1. The maximum atomic E-state index is 13.3. The summed E-state index contributed by atoms with van der Waals surface area (Å²) in [7, 11) is 1.35. The fourth-order valence-corrected chi connectivity index (χ4v) is 7.74. The zero-order valence-electron chi connectivity index (χ0n) is 18.0. The van der Waals surface area contributed by atoms with Gasteiger partial charge in [0.1, 0.15) is 6.54 Å². The molecule has 6 heteroatoms. The molecule has 1 heterocycles. The third-order valence-electron chi connectivity index (χ3n) is 9.07. The number of carbonyl (C=O) groups is 3. The first-order valence-corrected chi connectivity index (χ1v) is 10.9. The Hall–Kier alpha value is -1.85. The van der Waals surface area contributed by atoms with Crippen molar-refractivity contribution >= 4 is 17.8 Å². The minimum Gasteiger partial charge on any atom is -0.481 e. The predicted molar refractivity (Wildman–Crippen MR) is 107 cm³/mol. The van der Waals surface area contributed by atoms with Crippen molar-refractivity contribution in [3.8, 4) is 0 Å². The molecule has 0 bridgehead atoms. The number of aliphatic carboxylic acids is 1. The van der Waals surface area contributed by atoms with Gasteiger partial charge in [0, 0.05) is 17.5 Å². The molecule has 0 saturated heterocycles. The minimum atomic E-state index is -0.681. The van der Waals surface area contributed by atoms with Gasteiger partial charge in [-0.05, 0) is 68.3 Å². The molecule has 4 rings (SSSR count). The number of carbonyl (C=O) groups excluding carboxylic acids is 2. The first kappa shape index (κ1) is 20.4. The molecule has 5 atom stereocenters. The summed E-state index contributed by atoms with van der Waals surface area (Å²) in [6.07, 6.45) is 6.25. The molecule has 0 aromatic heterocycles. The molecule has 1 aliphatic heterocycles. The molecule has 6 nitrogen and oxygen atoms in total. The fraction of sp³-hybridized carbons (Fsp3) is 0.783. The van der Waals surface area contributed by atoms with Gasteiger partial charge in [-0.2, -0.15) is 0 Å². The molecular weight excluding hydrogens is 370 g/mol. The second-order valence-electron chi connectivity index (χ2n) is 10.4. The molecule has 4 aliphatic rings. The van der Waals surface area contributed by atoms with E-state index in [1.54, 1.807) is 4.90 Å². The summed E-state index contributed by atoms with van der Waals surface area (Å²) in [5.74, 6) is -0.636. The van der Waals surface area contributed by atoms with Crippen molar-refractivity contribution in [2.75, 3.05) is 20.2 Å². The number of amides is 1. The van der Waals surface area contributed by atoms with E-state index < -0.39 is 11.4 Å². The van der Waals surface area contributed by atoms with E-state index in [-0.39, 0.29) is 35.2 Å². The van der Waals surface area contributed by atoms with Gasteiger partial charge >= 0.3 is 11.9 Å². The second kappa shape index (κ2) is 6.58. The average Bonchev–Trinajstić information content (AvgIpc) is 2.97. The number of carboxylic acid groups (broad SMARTS) is 1. The predicted octanol–water partition coefficient (Wildman–Crippen LogP) is 3.41. The van der Waals surface area contributed by atoms with Gasteiger partial charge in [0.05, 0.1) is 12.5 Å². The maximum Gasteiger partial charge on any atom is 0.325 e. The second-order valence-corrected chi connectivity index (χ2v) is 10.4. The lowest BCUT2D eigenvalue weighted by Crippen LogP contribution is -2.59. The zero-order valence-corrected chi connectivity index (χ0v) is 18.0. The number of rotatable bonds is 3. The highest BCUT2D eigenvalue weighted by Gasteiger charge is 2.64. The molecule has 0 spiro atoms. The largest absolute Gasteiger partial charge is 0.481 e. The molecule has 2 fully saturated rings. The van der Waals surface area contributed by atoms with Crippen molar-refractivity contribution in [2.45, 2.75) is 65.7 Å². The van der Waals surface area contributed by atoms with Crippen LogP contribution in [0.5, 0.6) is 0 Å². The number of methoxy groups -OCH3 is 1. The van der Waals surface area contributed by atoms with Gasteiger partial charge in [0.15, 0.2) is 0 Å². The van der Waals surface area contributed by atoms with E-state index in [0.29, 0.717) is 12.5 Å². The summed E-state index contributed by atoms with van der Waals surface area (Å²) < 4.78 is 4.77. The molecule has 0 aromatic carbocycles. The molecule has 0 radical (unpaired) electrons. The molecular formula is C23H33NO5. The third-order valence-corrected chi connectivity index (χ3v) is 9.07. The van der Waals surface area contributed by atoms with Crippen molar-refractivity contribution in [1.29, 1.82) is 0 Å². The Labute approximate surface area is 172 Å². The monoisotopic (exact) mass is 403 g/mol. The van der Waals surface area contributed by atoms with Crippen molar-refractivity contribution < 1.29 is 24.2 Å². The van der Waals surface area contributed by atoms with Crippen LogP contribution in [0.15, 0.2) is 11.1 Å². The molecule has 0 unspecified atom stereocenters. The summed E-state index contributed by atoms with van der Waals surface area (Å²) >= 11 is 0. The molecule has 1 N–H and O–H groups in total. The Bertz CT molecular complexity index is 803. The lowest BCUT2D eigenvalue weighted by molar-refractivity contribution is -0.175. The van der Waals surface area contributed by atoms with Gasteiger partial charge in [0.2, 0.25) is 0 Å². The van der Waals surface area contributed by atoms with Crippen LogP contribution in [-0.2, 0) is 19.1 Å². The van der Waals surface area contributed by atoms with Crippen LogP contribution in [0.1, 0.15) is 65.7 Å².